The Morgan fingerprint density at radius 2 is 1.88 bits per heavy atom. The fourth-order valence-electron chi connectivity index (χ4n) is 3.43. The maximum absolute atomic E-state index is 12.4. The van der Waals surface area contributed by atoms with E-state index in [4.69, 9.17) is 4.99 Å². The summed E-state index contributed by atoms with van der Waals surface area (Å²) < 4.78 is 13.6. The van der Waals surface area contributed by atoms with E-state index in [0.29, 0.717) is 25.9 Å². The number of rotatable bonds is 10. The first kappa shape index (κ1) is 19.5. The van der Waals surface area contributed by atoms with Crippen LogP contribution in [-0.4, -0.2) is 39.2 Å². The van der Waals surface area contributed by atoms with Crippen molar-refractivity contribution in [3.8, 4) is 0 Å². The average molecular weight is 354 g/mol. The zero-order valence-corrected chi connectivity index (χ0v) is 15.7. The van der Waals surface area contributed by atoms with Gasteiger partial charge in [0.2, 0.25) is 0 Å². The third kappa shape index (κ3) is 5.07. The predicted octanol–water partition coefficient (Wildman–Crippen LogP) is 3.30. The predicted molar refractivity (Wildman–Crippen MR) is 100 cm³/mol. The minimum atomic E-state index is -1.14. The normalized spacial score (nSPS) is 21.6. The minimum Gasteiger partial charge on any atom is -0.593 e. The summed E-state index contributed by atoms with van der Waals surface area (Å²) in [5.74, 6) is 0.885. The molecule has 5 nitrogen and oxygen atoms in total. The van der Waals surface area contributed by atoms with Crippen molar-refractivity contribution in [2.45, 2.75) is 76.7 Å². The number of amidine groups is 1. The molecule has 1 spiro atoms. The van der Waals surface area contributed by atoms with E-state index in [9.17, 15) is 9.35 Å². The molecule has 1 amide bonds. The number of carbonyl (C=O) groups is 1. The van der Waals surface area contributed by atoms with Crippen molar-refractivity contribution in [2.24, 2.45) is 4.99 Å². The van der Waals surface area contributed by atoms with Crippen molar-refractivity contribution >= 4 is 23.1 Å². The highest BCUT2D eigenvalue weighted by molar-refractivity contribution is 7.92. The molecule has 24 heavy (non-hydrogen) atoms. The SMILES string of the molecule is C=C[S@+]([O-])N1CCC2(CC1)N=C(CCCCCCCCC)NC2=O. The van der Waals surface area contributed by atoms with Crippen LogP contribution in [0.3, 0.4) is 0 Å². The maximum atomic E-state index is 12.4. The molecule has 2 rings (SSSR count). The van der Waals surface area contributed by atoms with Crippen LogP contribution >= 0.6 is 0 Å². The standard InChI is InChI=1S/C18H31N3O2S/c1-3-5-6-7-8-9-10-11-16-19-17(22)18(20-16)12-14-21(15-13-18)24(23)4-2/h4H,2-3,5-15H2,1H3,(H,19,20,22)/t24-/m0/s1. The summed E-state index contributed by atoms with van der Waals surface area (Å²) in [6.45, 7) is 7.05. The molecule has 1 N–H and O–H groups in total. The number of hydrogen-bond acceptors (Lipinski definition) is 4. The number of aliphatic imine (C=N–C) groups is 1. The van der Waals surface area contributed by atoms with Crippen molar-refractivity contribution in [1.29, 1.82) is 0 Å². The summed E-state index contributed by atoms with van der Waals surface area (Å²) in [5, 5.41) is 4.43. The van der Waals surface area contributed by atoms with Crippen molar-refractivity contribution in [2.75, 3.05) is 13.1 Å². The van der Waals surface area contributed by atoms with Gasteiger partial charge in [-0.25, -0.2) is 0 Å². The van der Waals surface area contributed by atoms with Crippen LogP contribution < -0.4 is 5.32 Å². The molecule has 6 heteroatoms. The van der Waals surface area contributed by atoms with E-state index in [1.807, 2.05) is 4.31 Å². The monoisotopic (exact) mass is 353 g/mol. The van der Waals surface area contributed by atoms with E-state index in [1.165, 1.54) is 43.9 Å². The van der Waals surface area contributed by atoms with Crippen molar-refractivity contribution in [3.63, 3.8) is 0 Å². The van der Waals surface area contributed by atoms with Crippen LogP contribution in [0.5, 0.6) is 0 Å². The Labute approximate surface area is 149 Å². The number of piperidine rings is 1. The van der Waals surface area contributed by atoms with Crippen LogP contribution in [0, 0.1) is 0 Å². The summed E-state index contributed by atoms with van der Waals surface area (Å²) >= 11 is -1.14. The van der Waals surface area contributed by atoms with Crippen molar-refractivity contribution in [1.82, 2.24) is 9.62 Å². The molecule has 1 fully saturated rings. The molecule has 1 atom stereocenters. The quantitative estimate of drug-likeness (QED) is 0.484. The second-order valence-corrected chi connectivity index (χ2v) is 8.19. The van der Waals surface area contributed by atoms with E-state index in [0.717, 1.165) is 18.7 Å². The largest absolute Gasteiger partial charge is 0.593 e. The van der Waals surface area contributed by atoms with Crippen LogP contribution in [0.15, 0.2) is 17.0 Å². The first-order chi connectivity index (χ1) is 11.6. The number of unbranched alkanes of at least 4 members (excludes halogenated alkanes) is 6. The Morgan fingerprint density at radius 1 is 1.25 bits per heavy atom. The van der Waals surface area contributed by atoms with Crippen LogP contribution in [0.25, 0.3) is 0 Å². The van der Waals surface area contributed by atoms with Crippen molar-refractivity contribution in [3.05, 3.63) is 12.0 Å². The van der Waals surface area contributed by atoms with Gasteiger partial charge in [0, 0.05) is 19.5 Å². The van der Waals surface area contributed by atoms with Gasteiger partial charge in [0.1, 0.15) is 16.8 Å². The summed E-state index contributed by atoms with van der Waals surface area (Å²) in [6, 6.07) is 0. The van der Waals surface area contributed by atoms with Gasteiger partial charge < -0.3 is 9.87 Å². The molecular formula is C18H31N3O2S. The van der Waals surface area contributed by atoms with Gasteiger partial charge in [0.25, 0.3) is 5.91 Å². The average Bonchev–Trinajstić information content (AvgIpc) is 2.89. The van der Waals surface area contributed by atoms with Crippen LogP contribution in [-0.2, 0) is 16.2 Å². The summed E-state index contributed by atoms with van der Waals surface area (Å²) in [4.78, 5) is 17.1. The Morgan fingerprint density at radius 3 is 2.50 bits per heavy atom. The lowest BCUT2D eigenvalue weighted by molar-refractivity contribution is -0.124. The smallest absolute Gasteiger partial charge is 0.253 e. The van der Waals surface area contributed by atoms with Gasteiger partial charge in [-0.3, -0.25) is 9.79 Å². The van der Waals surface area contributed by atoms with E-state index in [1.54, 1.807) is 0 Å². The Hall–Kier alpha value is -0.850. The lowest BCUT2D eigenvalue weighted by Crippen LogP contribution is -2.50. The summed E-state index contributed by atoms with van der Waals surface area (Å²) in [6.07, 6.45) is 11.0. The summed E-state index contributed by atoms with van der Waals surface area (Å²) in [7, 11) is 0. The molecule has 0 aromatic heterocycles. The van der Waals surface area contributed by atoms with Crippen LogP contribution in [0.2, 0.25) is 0 Å². The van der Waals surface area contributed by atoms with Gasteiger partial charge in [-0.15, -0.1) is 4.31 Å². The fourth-order valence-corrected chi connectivity index (χ4v) is 4.19. The second kappa shape index (κ2) is 9.59. The highest BCUT2D eigenvalue weighted by Crippen LogP contribution is 2.31. The number of nitrogens with zero attached hydrogens (tertiary/aromatic N) is 2. The number of amides is 1. The molecule has 2 aliphatic heterocycles. The molecular weight excluding hydrogens is 322 g/mol. The molecule has 0 aliphatic carbocycles. The van der Waals surface area contributed by atoms with E-state index in [2.05, 4.69) is 18.8 Å². The third-order valence-electron chi connectivity index (χ3n) is 4.99. The van der Waals surface area contributed by atoms with Crippen molar-refractivity contribution < 1.29 is 9.35 Å². The second-order valence-electron chi connectivity index (χ2n) is 6.79. The van der Waals surface area contributed by atoms with Gasteiger partial charge >= 0.3 is 0 Å². The van der Waals surface area contributed by atoms with Crippen LogP contribution in [0.4, 0.5) is 0 Å². The molecule has 0 bridgehead atoms. The third-order valence-corrected chi connectivity index (χ3v) is 6.15. The number of nitrogens with one attached hydrogen (secondary N) is 1. The van der Waals surface area contributed by atoms with Gasteiger partial charge in [-0.05, 0) is 25.8 Å². The summed E-state index contributed by atoms with van der Waals surface area (Å²) in [5.41, 5.74) is -0.613. The topological polar surface area (TPSA) is 67.8 Å². The Kier molecular flexibility index (Phi) is 7.78. The molecule has 0 aromatic rings. The molecule has 0 saturated carbocycles. The Bertz CT molecular complexity index is 459. The maximum Gasteiger partial charge on any atom is 0.253 e. The molecule has 0 unspecified atom stereocenters. The highest BCUT2D eigenvalue weighted by atomic mass is 32.2. The van der Waals surface area contributed by atoms with E-state index < -0.39 is 16.9 Å². The fraction of sp³-hybridized carbons (Fsp3) is 0.778. The molecule has 0 radical (unpaired) electrons. The molecule has 136 valence electrons. The lowest BCUT2D eigenvalue weighted by atomic mass is 9.89. The van der Waals surface area contributed by atoms with Crippen LogP contribution in [0.1, 0.15) is 71.1 Å². The minimum absolute atomic E-state index is 0.0319. The van der Waals surface area contributed by atoms with E-state index in [-0.39, 0.29) is 5.91 Å². The lowest BCUT2D eigenvalue weighted by Gasteiger charge is -2.33. The van der Waals surface area contributed by atoms with Gasteiger partial charge in [-0.2, -0.15) is 0 Å². The first-order valence-electron chi connectivity index (χ1n) is 9.29. The zero-order chi connectivity index (χ0) is 17.4. The Balaban J connectivity index is 1.74. The zero-order valence-electron chi connectivity index (χ0n) is 14.9. The molecule has 0 aromatic carbocycles. The van der Waals surface area contributed by atoms with Gasteiger partial charge in [0.15, 0.2) is 0 Å². The number of hydrogen-bond donors (Lipinski definition) is 1. The molecule has 1 saturated heterocycles. The number of carbonyl (C=O) groups excluding carboxylic acids is 1. The molecule has 2 heterocycles. The van der Waals surface area contributed by atoms with Gasteiger partial charge in [-0.1, -0.05) is 45.4 Å². The van der Waals surface area contributed by atoms with E-state index >= 15 is 0 Å². The molecule has 2 aliphatic rings. The highest BCUT2D eigenvalue weighted by Gasteiger charge is 2.47. The first-order valence-corrected chi connectivity index (χ1v) is 10.5. The van der Waals surface area contributed by atoms with Gasteiger partial charge in [0.05, 0.1) is 11.4 Å².